The third kappa shape index (κ3) is 3.46. The van der Waals surface area contributed by atoms with Crippen LogP contribution in [0.1, 0.15) is 12.5 Å². The Labute approximate surface area is 154 Å². The zero-order chi connectivity index (χ0) is 18.0. The van der Waals surface area contributed by atoms with E-state index in [1.165, 1.54) is 0 Å². The van der Waals surface area contributed by atoms with E-state index in [4.69, 9.17) is 9.15 Å². The SMILES string of the molecule is CNC(=O)/C=C(\C)c1cc2c(-c3ccc(Br)cc3)coc2cc1OC. The average Bonchev–Trinajstić information content (AvgIpc) is 3.03. The fourth-order valence-electron chi connectivity index (χ4n) is 2.73. The van der Waals surface area contributed by atoms with Gasteiger partial charge in [0.2, 0.25) is 5.91 Å². The van der Waals surface area contributed by atoms with E-state index in [-0.39, 0.29) is 5.91 Å². The molecule has 25 heavy (non-hydrogen) atoms. The maximum atomic E-state index is 11.7. The number of ether oxygens (including phenoxy) is 1. The number of carbonyl (C=O) groups is 1. The summed E-state index contributed by atoms with van der Waals surface area (Å²) in [6.07, 6.45) is 3.30. The first-order valence-corrected chi connectivity index (χ1v) is 8.58. The summed E-state index contributed by atoms with van der Waals surface area (Å²) in [7, 11) is 3.21. The average molecular weight is 400 g/mol. The van der Waals surface area contributed by atoms with Crippen LogP contribution < -0.4 is 10.1 Å². The van der Waals surface area contributed by atoms with E-state index in [2.05, 4.69) is 21.2 Å². The Hall–Kier alpha value is -2.53. The molecule has 0 saturated carbocycles. The van der Waals surface area contributed by atoms with E-state index < -0.39 is 0 Å². The number of hydrogen-bond acceptors (Lipinski definition) is 3. The van der Waals surface area contributed by atoms with Gasteiger partial charge in [-0.05, 0) is 36.3 Å². The van der Waals surface area contributed by atoms with Gasteiger partial charge in [0.05, 0.1) is 13.4 Å². The molecular weight excluding hydrogens is 382 g/mol. The predicted octanol–water partition coefficient (Wildman–Crippen LogP) is 5.02. The van der Waals surface area contributed by atoms with E-state index in [9.17, 15) is 4.79 Å². The molecule has 0 radical (unpaired) electrons. The lowest BCUT2D eigenvalue weighted by atomic mass is 9.99. The molecule has 0 aliphatic rings. The lowest BCUT2D eigenvalue weighted by Gasteiger charge is -2.10. The molecule has 0 unspecified atom stereocenters. The molecule has 1 amide bonds. The van der Waals surface area contributed by atoms with E-state index >= 15 is 0 Å². The van der Waals surface area contributed by atoms with Gasteiger partial charge in [-0.3, -0.25) is 4.79 Å². The van der Waals surface area contributed by atoms with Gasteiger partial charge in [-0.15, -0.1) is 0 Å². The number of nitrogens with one attached hydrogen (secondary N) is 1. The quantitative estimate of drug-likeness (QED) is 0.626. The van der Waals surface area contributed by atoms with Crippen molar-refractivity contribution in [3.8, 4) is 16.9 Å². The Balaban J connectivity index is 2.17. The number of likely N-dealkylation sites (N-methyl/N-ethyl adjacent to an activating group) is 1. The Kier molecular flexibility index (Phi) is 4.95. The van der Waals surface area contributed by atoms with Crippen LogP contribution in [0.5, 0.6) is 5.75 Å². The normalized spacial score (nSPS) is 11.6. The molecule has 0 spiro atoms. The van der Waals surface area contributed by atoms with Crippen LogP contribution in [-0.4, -0.2) is 20.1 Å². The number of halogens is 1. The lowest BCUT2D eigenvalue weighted by molar-refractivity contribution is -0.116. The smallest absolute Gasteiger partial charge is 0.244 e. The summed E-state index contributed by atoms with van der Waals surface area (Å²) in [5, 5.41) is 3.57. The van der Waals surface area contributed by atoms with Crippen molar-refractivity contribution < 1.29 is 13.9 Å². The monoisotopic (exact) mass is 399 g/mol. The van der Waals surface area contributed by atoms with Crippen molar-refractivity contribution in [2.45, 2.75) is 6.92 Å². The molecule has 0 aliphatic heterocycles. The summed E-state index contributed by atoms with van der Waals surface area (Å²) in [5.41, 5.74) is 4.48. The fraction of sp³-hybridized carbons (Fsp3) is 0.150. The highest BCUT2D eigenvalue weighted by Gasteiger charge is 2.14. The summed E-state index contributed by atoms with van der Waals surface area (Å²) in [6, 6.07) is 11.9. The summed E-state index contributed by atoms with van der Waals surface area (Å²) in [5.74, 6) is 0.516. The molecule has 3 aromatic rings. The van der Waals surface area contributed by atoms with Gasteiger partial charge in [-0.1, -0.05) is 28.1 Å². The topological polar surface area (TPSA) is 51.5 Å². The number of allylic oxidation sites excluding steroid dienone is 1. The highest BCUT2D eigenvalue weighted by molar-refractivity contribution is 9.10. The van der Waals surface area contributed by atoms with Gasteiger partial charge >= 0.3 is 0 Å². The van der Waals surface area contributed by atoms with Gasteiger partial charge in [0.1, 0.15) is 11.3 Å². The minimum atomic E-state index is -0.153. The number of furan rings is 1. The molecule has 128 valence electrons. The standard InChI is InChI=1S/C20H18BrNO3/c1-12(8-20(23)22-2)15-9-16-17(13-4-6-14(21)7-5-13)11-25-19(16)10-18(15)24-3/h4-11H,1-3H3,(H,22,23)/b12-8+. The summed E-state index contributed by atoms with van der Waals surface area (Å²) < 4.78 is 12.2. The number of rotatable bonds is 4. The van der Waals surface area contributed by atoms with Crippen molar-refractivity contribution in [3.63, 3.8) is 0 Å². The molecule has 3 rings (SSSR count). The Morgan fingerprint density at radius 3 is 2.60 bits per heavy atom. The van der Waals surface area contributed by atoms with Crippen molar-refractivity contribution in [3.05, 3.63) is 58.8 Å². The van der Waals surface area contributed by atoms with Gasteiger partial charge in [-0.2, -0.15) is 0 Å². The molecule has 0 aliphatic carbocycles. The zero-order valence-electron chi connectivity index (χ0n) is 14.2. The van der Waals surface area contributed by atoms with E-state index in [1.807, 2.05) is 43.3 Å². The maximum absolute atomic E-state index is 11.7. The molecule has 5 heteroatoms. The van der Waals surface area contributed by atoms with Crippen LogP contribution in [0.4, 0.5) is 0 Å². The van der Waals surface area contributed by atoms with Crippen molar-refractivity contribution in [1.82, 2.24) is 5.32 Å². The number of carbonyl (C=O) groups excluding carboxylic acids is 1. The molecule has 1 heterocycles. The van der Waals surface area contributed by atoms with Crippen LogP contribution in [0.15, 0.2) is 57.6 Å². The van der Waals surface area contributed by atoms with Crippen molar-refractivity contribution in [2.75, 3.05) is 14.2 Å². The largest absolute Gasteiger partial charge is 0.496 e. The summed E-state index contributed by atoms with van der Waals surface area (Å²) in [6.45, 7) is 1.89. The second-order valence-electron chi connectivity index (χ2n) is 5.65. The van der Waals surface area contributed by atoms with E-state index in [0.29, 0.717) is 5.75 Å². The molecule has 0 fully saturated rings. The minimum absolute atomic E-state index is 0.153. The number of methoxy groups -OCH3 is 1. The first-order chi connectivity index (χ1) is 12.0. The van der Waals surface area contributed by atoms with Gasteiger partial charge in [0, 0.05) is 40.2 Å². The van der Waals surface area contributed by atoms with Crippen LogP contribution in [0.25, 0.3) is 27.7 Å². The molecule has 0 bridgehead atoms. The van der Waals surface area contributed by atoms with Gasteiger partial charge < -0.3 is 14.5 Å². The number of fused-ring (bicyclic) bond motifs is 1. The maximum Gasteiger partial charge on any atom is 0.244 e. The highest BCUT2D eigenvalue weighted by atomic mass is 79.9. The molecule has 2 aromatic carbocycles. The Morgan fingerprint density at radius 1 is 1.24 bits per heavy atom. The predicted molar refractivity (Wildman–Crippen MR) is 104 cm³/mol. The van der Waals surface area contributed by atoms with Crippen LogP contribution in [0.3, 0.4) is 0 Å². The third-order valence-electron chi connectivity index (χ3n) is 4.07. The number of hydrogen-bond donors (Lipinski definition) is 1. The number of amides is 1. The van der Waals surface area contributed by atoms with Crippen molar-refractivity contribution in [2.24, 2.45) is 0 Å². The van der Waals surface area contributed by atoms with Gasteiger partial charge in [0.25, 0.3) is 0 Å². The summed E-state index contributed by atoms with van der Waals surface area (Å²) >= 11 is 3.45. The van der Waals surface area contributed by atoms with Gasteiger partial charge in [-0.25, -0.2) is 0 Å². The van der Waals surface area contributed by atoms with Gasteiger partial charge in [0.15, 0.2) is 0 Å². The Bertz CT molecular complexity index is 955. The molecule has 1 aromatic heterocycles. The second kappa shape index (κ2) is 7.15. The summed E-state index contributed by atoms with van der Waals surface area (Å²) in [4.78, 5) is 11.7. The minimum Gasteiger partial charge on any atom is -0.496 e. The van der Waals surface area contributed by atoms with Crippen molar-refractivity contribution in [1.29, 1.82) is 0 Å². The fourth-order valence-corrected chi connectivity index (χ4v) is 3.00. The molecule has 1 N–H and O–H groups in total. The zero-order valence-corrected chi connectivity index (χ0v) is 15.8. The van der Waals surface area contributed by atoms with Crippen LogP contribution in [0, 0.1) is 0 Å². The molecule has 0 saturated heterocycles. The molecule has 4 nitrogen and oxygen atoms in total. The second-order valence-corrected chi connectivity index (χ2v) is 6.56. The Morgan fingerprint density at radius 2 is 1.96 bits per heavy atom. The van der Waals surface area contributed by atoms with Crippen LogP contribution in [0.2, 0.25) is 0 Å². The third-order valence-corrected chi connectivity index (χ3v) is 4.60. The highest BCUT2D eigenvalue weighted by Crippen LogP contribution is 2.37. The molecule has 0 atom stereocenters. The van der Waals surface area contributed by atoms with E-state index in [0.717, 1.165) is 37.7 Å². The molecular formula is C20H18BrNO3. The first kappa shape index (κ1) is 17.3. The van der Waals surface area contributed by atoms with Crippen molar-refractivity contribution >= 4 is 38.4 Å². The van der Waals surface area contributed by atoms with E-state index in [1.54, 1.807) is 26.5 Å². The number of benzene rings is 2. The first-order valence-electron chi connectivity index (χ1n) is 7.79. The van der Waals surface area contributed by atoms with Crippen LogP contribution >= 0.6 is 15.9 Å². The van der Waals surface area contributed by atoms with Crippen LogP contribution in [-0.2, 0) is 4.79 Å². The lowest BCUT2D eigenvalue weighted by Crippen LogP contribution is -2.14.